The number of fused-ring (bicyclic) bond motifs is 1. The molecule has 0 spiro atoms. The molecule has 1 aromatic carbocycles. The number of carbonyl (C=O) groups excluding carboxylic acids is 2. The molecule has 0 bridgehead atoms. The molecule has 8 nitrogen and oxygen atoms in total. The van der Waals surface area contributed by atoms with Crippen LogP contribution >= 0.6 is 0 Å². The summed E-state index contributed by atoms with van der Waals surface area (Å²) in [6.45, 7) is 0.205. The van der Waals surface area contributed by atoms with Gasteiger partial charge in [-0.3, -0.25) is 9.59 Å². The van der Waals surface area contributed by atoms with Crippen molar-refractivity contribution in [1.29, 1.82) is 0 Å². The van der Waals surface area contributed by atoms with Crippen molar-refractivity contribution in [3.8, 4) is 5.82 Å². The second-order valence-electron chi connectivity index (χ2n) is 6.08. The lowest BCUT2D eigenvalue weighted by molar-refractivity contribution is -0.126. The summed E-state index contributed by atoms with van der Waals surface area (Å²) in [5.74, 6) is -1.23. The molecular formula is C18H15FN6O2. The number of amides is 2. The molecule has 2 N–H and O–H groups in total. The number of pyridine rings is 1. The van der Waals surface area contributed by atoms with Gasteiger partial charge in [-0.25, -0.2) is 19.0 Å². The highest BCUT2D eigenvalue weighted by Gasteiger charge is 2.30. The first-order chi connectivity index (χ1) is 13.1. The topological polar surface area (TPSA) is 102 Å². The number of rotatable bonds is 4. The third kappa shape index (κ3) is 3.39. The summed E-state index contributed by atoms with van der Waals surface area (Å²) in [6, 6.07) is 7.60. The highest BCUT2D eigenvalue weighted by atomic mass is 19.1. The number of carbonyl (C=O) groups is 2. The van der Waals surface area contributed by atoms with E-state index in [1.807, 2.05) is 6.07 Å². The molecule has 1 atom stereocenters. The minimum absolute atomic E-state index is 0.00738. The highest BCUT2D eigenvalue weighted by Crippen LogP contribution is 2.32. The number of hydrogen-bond acceptors (Lipinski definition) is 5. The van der Waals surface area contributed by atoms with Crippen LogP contribution in [0, 0.1) is 5.82 Å². The number of nitrogens with zero attached hydrogens (tertiary/aromatic N) is 4. The number of nitrogens with one attached hydrogen (secondary N) is 2. The molecule has 0 aliphatic carbocycles. The average Bonchev–Trinajstić information content (AvgIpc) is 3.20. The molecule has 3 heterocycles. The third-order valence-corrected chi connectivity index (χ3v) is 4.33. The van der Waals surface area contributed by atoms with Crippen LogP contribution in [0.3, 0.4) is 0 Å². The first-order valence-electron chi connectivity index (χ1n) is 8.28. The van der Waals surface area contributed by atoms with E-state index < -0.39 is 11.7 Å². The first kappa shape index (κ1) is 16.8. The van der Waals surface area contributed by atoms with Gasteiger partial charge < -0.3 is 10.6 Å². The van der Waals surface area contributed by atoms with Crippen LogP contribution in [0.1, 0.15) is 23.5 Å². The Balaban J connectivity index is 1.54. The van der Waals surface area contributed by atoms with E-state index in [0.717, 1.165) is 5.56 Å². The molecule has 0 unspecified atom stereocenters. The monoisotopic (exact) mass is 366 g/mol. The van der Waals surface area contributed by atoms with Crippen LogP contribution in [0.4, 0.5) is 10.1 Å². The van der Waals surface area contributed by atoms with Crippen LogP contribution in [0.2, 0.25) is 0 Å². The molecule has 0 fully saturated rings. The van der Waals surface area contributed by atoms with Crippen molar-refractivity contribution in [2.45, 2.75) is 18.9 Å². The van der Waals surface area contributed by atoms with Crippen molar-refractivity contribution in [1.82, 2.24) is 25.1 Å². The van der Waals surface area contributed by atoms with E-state index >= 15 is 0 Å². The van der Waals surface area contributed by atoms with Crippen molar-refractivity contribution in [3.05, 3.63) is 66.1 Å². The Morgan fingerprint density at radius 2 is 2.26 bits per heavy atom. The van der Waals surface area contributed by atoms with E-state index in [2.05, 4.69) is 25.7 Å². The van der Waals surface area contributed by atoms with Gasteiger partial charge in [0, 0.05) is 30.4 Å². The first-order valence-corrected chi connectivity index (χ1v) is 8.28. The van der Waals surface area contributed by atoms with Gasteiger partial charge in [-0.1, -0.05) is 12.1 Å². The Morgan fingerprint density at radius 1 is 1.37 bits per heavy atom. The predicted molar refractivity (Wildman–Crippen MR) is 93.4 cm³/mol. The molecular weight excluding hydrogens is 351 g/mol. The van der Waals surface area contributed by atoms with Crippen LogP contribution in [-0.2, 0) is 16.1 Å². The zero-order valence-electron chi connectivity index (χ0n) is 14.1. The van der Waals surface area contributed by atoms with Crippen molar-refractivity contribution in [2.24, 2.45) is 0 Å². The van der Waals surface area contributed by atoms with E-state index in [-0.39, 0.29) is 24.8 Å². The smallest absolute Gasteiger partial charge is 0.228 e. The minimum Gasteiger partial charge on any atom is -0.351 e. The van der Waals surface area contributed by atoms with Gasteiger partial charge in [0.1, 0.15) is 18.5 Å². The highest BCUT2D eigenvalue weighted by molar-refractivity contribution is 6.01. The molecule has 0 saturated heterocycles. The van der Waals surface area contributed by atoms with Gasteiger partial charge in [0.05, 0.1) is 5.92 Å². The lowest BCUT2D eigenvalue weighted by Crippen LogP contribution is -2.35. The molecule has 27 heavy (non-hydrogen) atoms. The lowest BCUT2D eigenvalue weighted by atomic mass is 9.89. The van der Waals surface area contributed by atoms with Gasteiger partial charge in [-0.15, -0.1) is 0 Å². The summed E-state index contributed by atoms with van der Waals surface area (Å²) >= 11 is 0. The number of aromatic nitrogens is 4. The molecule has 0 radical (unpaired) electrons. The van der Waals surface area contributed by atoms with Crippen LogP contribution in [-0.4, -0.2) is 31.6 Å². The van der Waals surface area contributed by atoms with Gasteiger partial charge >= 0.3 is 0 Å². The number of anilines is 1. The molecule has 136 valence electrons. The fourth-order valence-corrected chi connectivity index (χ4v) is 3.07. The molecule has 0 saturated carbocycles. The van der Waals surface area contributed by atoms with Crippen LogP contribution in [0.5, 0.6) is 0 Å². The molecule has 1 aliphatic heterocycles. The second kappa shape index (κ2) is 6.94. The van der Waals surface area contributed by atoms with Crippen molar-refractivity contribution >= 4 is 17.5 Å². The Morgan fingerprint density at radius 3 is 3.07 bits per heavy atom. The van der Waals surface area contributed by atoms with Crippen molar-refractivity contribution in [2.75, 3.05) is 5.32 Å². The van der Waals surface area contributed by atoms with Gasteiger partial charge in [-0.05, 0) is 23.8 Å². The van der Waals surface area contributed by atoms with Crippen molar-refractivity contribution < 1.29 is 14.0 Å². The summed E-state index contributed by atoms with van der Waals surface area (Å²) < 4.78 is 14.9. The molecule has 4 rings (SSSR count). The van der Waals surface area contributed by atoms with Gasteiger partial charge in [0.25, 0.3) is 0 Å². The minimum atomic E-state index is -0.680. The molecule has 3 aromatic rings. The molecule has 2 amide bonds. The largest absolute Gasteiger partial charge is 0.351 e. The van der Waals surface area contributed by atoms with Gasteiger partial charge in [-0.2, -0.15) is 5.10 Å². The lowest BCUT2D eigenvalue weighted by Gasteiger charge is -2.25. The summed E-state index contributed by atoms with van der Waals surface area (Å²) in [5, 5.41) is 9.49. The van der Waals surface area contributed by atoms with Gasteiger partial charge in [0.15, 0.2) is 5.82 Å². The number of benzene rings is 1. The Labute approximate surface area is 153 Å². The fourth-order valence-electron chi connectivity index (χ4n) is 3.07. The molecule has 1 aliphatic rings. The summed E-state index contributed by atoms with van der Waals surface area (Å²) in [5.41, 5.74) is 1.67. The van der Waals surface area contributed by atoms with Crippen molar-refractivity contribution in [3.63, 3.8) is 0 Å². The summed E-state index contributed by atoms with van der Waals surface area (Å²) in [6.07, 6.45) is 4.55. The van der Waals surface area contributed by atoms with E-state index in [1.54, 1.807) is 12.3 Å². The zero-order chi connectivity index (χ0) is 18.8. The van der Waals surface area contributed by atoms with Crippen LogP contribution in [0.25, 0.3) is 5.82 Å². The summed E-state index contributed by atoms with van der Waals surface area (Å²) in [7, 11) is 0. The Kier molecular flexibility index (Phi) is 4.33. The molecule has 9 heteroatoms. The van der Waals surface area contributed by atoms with Gasteiger partial charge in [0.2, 0.25) is 11.8 Å². The Bertz CT molecular complexity index is 1000. The average molecular weight is 366 g/mol. The van der Waals surface area contributed by atoms with E-state index in [1.165, 1.54) is 35.5 Å². The number of hydrogen-bond donors (Lipinski definition) is 2. The maximum absolute atomic E-state index is 13.4. The normalized spacial score (nSPS) is 15.7. The van der Waals surface area contributed by atoms with E-state index in [9.17, 15) is 14.0 Å². The van der Waals surface area contributed by atoms with Crippen LogP contribution < -0.4 is 10.6 Å². The van der Waals surface area contributed by atoms with Crippen LogP contribution in [0.15, 0.2) is 49.2 Å². The summed E-state index contributed by atoms with van der Waals surface area (Å²) in [4.78, 5) is 32.8. The standard InChI is InChI=1S/C18H15FN6O2/c19-12-3-4-13-14(7-16(26)24-15(13)6-12)18(27)22-8-11-2-1-5-21-17(11)25-10-20-9-23-25/h1-6,9-10,14H,7-8H2,(H,22,27)(H,24,26)/t14-/m0/s1. The Hall–Kier alpha value is -3.62. The third-order valence-electron chi connectivity index (χ3n) is 4.33. The van der Waals surface area contributed by atoms with E-state index in [4.69, 9.17) is 0 Å². The second-order valence-corrected chi connectivity index (χ2v) is 6.08. The maximum atomic E-state index is 13.4. The SMILES string of the molecule is O=C1C[C@H](C(=O)NCc2cccnc2-n2cncn2)c2ccc(F)cc2N1. The fraction of sp³-hybridized carbons (Fsp3) is 0.167. The van der Waals surface area contributed by atoms with E-state index in [0.29, 0.717) is 17.1 Å². The zero-order valence-corrected chi connectivity index (χ0v) is 14.1. The maximum Gasteiger partial charge on any atom is 0.228 e. The predicted octanol–water partition coefficient (Wildman–Crippen LogP) is 1.54. The number of halogens is 1. The molecule has 2 aromatic heterocycles. The quantitative estimate of drug-likeness (QED) is 0.729.